The van der Waals surface area contributed by atoms with Crippen molar-refractivity contribution in [3.8, 4) is 5.75 Å². The molecule has 0 amide bonds. The van der Waals surface area contributed by atoms with Crippen LogP contribution in [0.5, 0.6) is 5.75 Å². The van der Waals surface area contributed by atoms with Gasteiger partial charge in [-0.25, -0.2) is 0 Å². The number of aromatic nitrogens is 1. The molecule has 0 bridgehead atoms. The Morgan fingerprint density at radius 2 is 1.96 bits per heavy atom. The van der Waals surface area contributed by atoms with Crippen LogP contribution in [0.2, 0.25) is 5.02 Å². The Morgan fingerprint density at radius 1 is 1.28 bits per heavy atom. The molecule has 2 N–H and O–H groups in total. The van der Waals surface area contributed by atoms with E-state index >= 15 is 0 Å². The fourth-order valence-electron chi connectivity index (χ4n) is 2.64. The molecule has 2 aromatic heterocycles. The smallest absolute Gasteiger partial charge is 0.307 e. The summed E-state index contributed by atoms with van der Waals surface area (Å²) in [6.45, 7) is 5.69. The lowest BCUT2D eigenvalue weighted by molar-refractivity contribution is -0.136. The summed E-state index contributed by atoms with van der Waals surface area (Å²) in [4.78, 5) is 23.9. The second-order valence-corrected chi connectivity index (χ2v) is 6.30. The number of nitrogens with zero attached hydrogens (tertiary/aromatic N) is 1. The second-order valence-electron chi connectivity index (χ2n) is 5.11. The summed E-state index contributed by atoms with van der Waals surface area (Å²) in [6.07, 6.45) is -0.243. The molecule has 7 heteroatoms. The molecule has 0 aliphatic rings. The van der Waals surface area contributed by atoms with E-state index in [0.29, 0.717) is 27.7 Å². The Kier molecular flexibility index (Phi) is 5.87. The third-order valence-electron chi connectivity index (χ3n) is 3.70. The number of thiophene rings is 1. The van der Waals surface area contributed by atoms with E-state index in [4.69, 9.17) is 16.7 Å². The van der Waals surface area contributed by atoms with Gasteiger partial charge in [-0.3, -0.25) is 14.2 Å². The summed E-state index contributed by atoms with van der Waals surface area (Å²) < 4.78 is 1.45. The van der Waals surface area contributed by atoms with Gasteiger partial charge in [0.15, 0.2) is 0 Å². The molecule has 0 unspecified atom stereocenters. The van der Waals surface area contributed by atoms with Gasteiger partial charge < -0.3 is 10.2 Å². The molecule has 0 saturated carbocycles. The first-order valence-corrected chi connectivity index (χ1v) is 9.03. The van der Waals surface area contributed by atoms with Gasteiger partial charge in [0.2, 0.25) is 0 Å². The van der Waals surface area contributed by atoms with Crippen molar-refractivity contribution >= 4 is 45.7 Å². The number of carboxylic acid groups (broad SMARTS) is 1. The van der Waals surface area contributed by atoms with E-state index in [0.717, 1.165) is 0 Å². The van der Waals surface area contributed by atoms with E-state index in [9.17, 15) is 14.7 Å². The molecule has 0 spiro atoms. The Labute approximate surface area is 154 Å². The predicted molar refractivity (Wildman–Crippen MR) is 100 cm³/mol. The van der Waals surface area contributed by atoms with Crippen molar-refractivity contribution in [2.24, 2.45) is 0 Å². The number of carbonyl (C=O) groups is 2. The van der Waals surface area contributed by atoms with Crippen LogP contribution in [0, 0.1) is 6.92 Å². The average molecular weight is 380 g/mol. The number of phenolic OH excluding ortho intramolecular Hbond substituents is 1. The largest absolute Gasteiger partial charge is 0.506 e. The monoisotopic (exact) mass is 379 g/mol. The highest BCUT2D eigenvalue weighted by molar-refractivity contribution is 7.08. The molecule has 0 aliphatic carbocycles. The van der Waals surface area contributed by atoms with Crippen LogP contribution in [0.3, 0.4) is 0 Å². The first kappa shape index (κ1) is 19.0. The maximum atomic E-state index is 12.8. The minimum Gasteiger partial charge on any atom is -0.506 e. The molecular weight excluding hydrogens is 362 g/mol. The SMILES string of the molecule is CC.Cc1c(CC(=O)O)c2cc(O)c(Cl)cc2n1C(=O)c1ccsc1. The maximum absolute atomic E-state index is 12.8. The Hall–Kier alpha value is -2.31. The predicted octanol–water partition coefficient (Wildman–Crippen LogP) is 4.71. The van der Waals surface area contributed by atoms with Crippen LogP contribution in [-0.4, -0.2) is 26.7 Å². The molecule has 1 aromatic carbocycles. The van der Waals surface area contributed by atoms with Crippen molar-refractivity contribution in [2.75, 3.05) is 0 Å². The van der Waals surface area contributed by atoms with E-state index in [1.165, 1.54) is 28.0 Å². The topological polar surface area (TPSA) is 79.5 Å². The van der Waals surface area contributed by atoms with Crippen LogP contribution in [-0.2, 0) is 11.2 Å². The number of aliphatic carboxylic acids is 1. The molecule has 3 rings (SSSR count). The van der Waals surface area contributed by atoms with Crippen molar-refractivity contribution in [3.05, 3.63) is 50.8 Å². The van der Waals surface area contributed by atoms with Crippen LogP contribution in [0.25, 0.3) is 10.9 Å². The molecule has 5 nitrogen and oxygen atoms in total. The number of hydrogen-bond donors (Lipinski definition) is 2. The van der Waals surface area contributed by atoms with Gasteiger partial charge in [0.25, 0.3) is 5.91 Å². The molecule has 3 aromatic rings. The van der Waals surface area contributed by atoms with Gasteiger partial charge in [-0.15, -0.1) is 0 Å². The van der Waals surface area contributed by atoms with Crippen molar-refractivity contribution < 1.29 is 19.8 Å². The van der Waals surface area contributed by atoms with Gasteiger partial charge in [-0.1, -0.05) is 25.4 Å². The zero-order valence-electron chi connectivity index (χ0n) is 14.0. The van der Waals surface area contributed by atoms with E-state index in [-0.39, 0.29) is 23.1 Å². The standard InChI is InChI=1S/C16H12ClNO4S.C2H6/c1-8-10(5-15(20)21)11-4-14(19)12(17)6-13(11)18(8)16(22)9-2-3-23-7-9;1-2/h2-4,6-7,19H,5H2,1H3,(H,20,21);1-2H3. The average Bonchev–Trinajstić information content (AvgIpc) is 3.19. The van der Waals surface area contributed by atoms with Gasteiger partial charge in [-0.2, -0.15) is 11.3 Å². The Morgan fingerprint density at radius 3 is 2.52 bits per heavy atom. The van der Waals surface area contributed by atoms with Crippen molar-refractivity contribution in [1.82, 2.24) is 4.57 Å². The zero-order chi connectivity index (χ0) is 18.7. The minimum absolute atomic E-state index is 0.108. The van der Waals surface area contributed by atoms with Gasteiger partial charge in [0.1, 0.15) is 5.75 Å². The van der Waals surface area contributed by atoms with Crippen LogP contribution < -0.4 is 0 Å². The molecule has 2 heterocycles. The molecule has 132 valence electrons. The number of benzene rings is 1. The highest BCUT2D eigenvalue weighted by atomic mass is 35.5. The van der Waals surface area contributed by atoms with Crippen molar-refractivity contribution in [2.45, 2.75) is 27.2 Å². The highest BCUT2D eigenvalue weighted by Gasteiger charge is 2.22. The summed E-state index contributed by atoms with van der Waals surface area (Å²) in [5.41, 5.74) is 2.02. The molecular formula is C18H18ClNO4S. The number of aromatic hydroxyl groups is 1. The van der Waals surface area contributed by atoms with E-state index in [2.05, 4.69) is 0 Å². The third-order valence-corrected chi connectivity index (χ3v) is 4.69. The van der Waals surface area contributed by atoms with Crippen molar-refractivity contribution in [1.29, 1.82) is 0 Å². The van der Waals surface area contributed by atoms with Gasteiger partial charge in [0, 0.05) is 16.5 Å². The number of carbonyl (C=O) groups excluding carboxylic acids is 1. The quantitative estimate of drug-likeness (QED) is 0.690. The van der Waals surface area contributed by atoms with Crippen LogP contribution in [0.4, 0.5) is 0 Å². The van der Waals surface area contributed by atoms with Gasteiger partial charge in [-0.05, 0) is 36.1 Å². The summed E-state index contributed by atoms with van der Waals surface area (Å²) in [5, 5.41) is 23.1. The van der Waals surface area contributed by atoms with E-state index < -0.39 is 5.97 Å². The van der Waals surface area contributed by atoms with Crippen molar-refractivity contribution in [3.63, 3.8) is 0 Å². The molecule has 0 aliphatic heterocycles. The zero-order valence-corrected chi connectivity index (χ0v) is 15.6. The first-order chi connectivity index (χ1) is 11.9. The van der Waals surface area contributed by atoms with Gasteiger partial charge >= 0.3 is 5.97 Å². The summed E-state index contributed by atoms with van der Waals surface area (Å²) in [5.74, 6) is -1.41. The second kappa shape index (κ2) is 7.72. The lowest BCUT2D eigenvalue weighted by atomic mass is 10.1. The van der Waals surface area contributed by atoms with Gasteiger partial charge in [0.05, 0.1) is 22.5 Å². The number of fused-ring (bicyclic) bond motifs is 1. The molecule has 25 heavy (non-hydrogen) atoms. The number of phenols is 1. The molecule has 0 fully saturated rings. The van der Waals surface area contributed by atoms with E-state index in [1.807, 2.05) is 13.8 Å². The number of rotatable bonds is 3. The molecule has 0 radical (unpaired) electrons. The van der Waals surface area contributed by atoms with Crippen LogP contribution >= 0.6 is 22.9 Å². The lowest BCUT2D eigenvalue weighted by Gasteiger charge is -2.06. The number of halogens is 1. The maximum Gasteiger partial charge on any atom is 0.307 e. The van der Waals surface area contributed by atoms with Crippen LogP contribution in [0.1, 0.15) is 35.5 Å². The fraction of sp³-hybridized carbons (Fsp3) is 0.222. The van der Waals surface area contributed by atoms with E-state index in [1.54, 1.807) is 23.8 Å². The fourth-order valence-corrected chi connectivity index (χ4v) is 3.43. The summed E-state index contributed by atoms with van der Waals surface area (Å²) in [7, 11) is 0. The molecule has 0 saturated heterocycles. The van der Waals surface area contributed by atoms with Crippen LogP contribution in [0.15, 0.2) is 29.0 Å². The highest BCUT2D eigenvalue weighted by Crippen LogP contribution is 2.35. The first-order valence-electron chi connectivity index (χ1n) is 7.71. The normalized spacial score (nSPS) is 10.4. The lowest BCUT2D eigenvalue weighted by Crippen LogP contribution is -2.13. The Balaban J connectivity index is 0.00000109. The Bertz CT molecular complexity index is 929. The molecule has 0 atom stereocenters. The minimum atomic E-state index is -1.01. The number of hydrogen-bond acceptors (Lipinski definition) is 4. The number of carboxylic acids is 1. The third kappa shape index (κ3) is 3.55. The summed E-state index contributed by atoms with van der Waals surface area (Å²) in [6, 6.07) is 4.59. The summed E-state index contributed by atoms with van der Waals surface area (Å²) >= 11 is 7.37.